The summed E-state index contributed by atoms with van der Waals surface area (Å²) in [5.41, 5.74) is 1.88. The molecule has 1 aliphatic heterocycles. The first-order valence-corrected chi connectivity index (χ1v) is 10.4. The molecule has 1 heterocycles. The van der Waals surface area contributed by atoms with Crippen LogP contribution in [0.3, 0.4) is 0 Å². The lowest BCUT2D eigenvalue weighted by Crippen LogP contribution is -3.16. The summed E-state index contributed by atoms with van der Waals surface area (Å²) in [7, 11) is 0. The molecule has 1 fully saturated rings. The zero-order valence-electron chi connectivity index (χ0n) is 17.7. The number of nitrogens with one attached hydrogen (secondary N) is 3. The van der Waals surface area contributed by atoms with Crippen molar-refractivity contribution < 1.29 is 24.0 Å². The molecule has 7 heteroatoms. The summed E-state index contributed by atoms with van der Waals surface area (Å²) in [5, 5.41) is 5.76. The summed E-state index contributed by atoms with van der Waals surface area (Å²) in [4.78, 5) is 26.0. The fourth-order valence-electron chi connectivity index (χ4n) is 3.68. The van der Waals surface area contributed by atoms with Gasteiger partial charge in [0.15, 0.2) is 6.54 Å². The second-order valence-electron chi connectivity index (χ2n) is 7.63. The van der Waals surface area contributed by atoms with Crippen LogP contribution in [0.25, 0.3) is 0 Å². The summed E-state index contributed by atoms with van der Waals surface area (Å²) in [6, 6.07) is 14.1. The number of hydrogen-bond acceptors (Lipinski definition) is 4. The summed E-state index contributed by atoms with van der Waals surface area (Å²) < 4.78 is 11.1. The third kappa shape index (κ3) is 6.30. The smallest absolute Gasteiger partial charge is 0.279 e. The van der Waals surface area contributed by atoms with Crippen LogP contribution in [0.5, 0.6) is 5.75 Å². The SMILES string of the molecule is CCOc1ccc(NC(=O)c2ccc(NC(=O)C[NH+]3C[C@H](C)O[C@@H](C)C3)cc2)cc1. The summed E-state index contributed by atoms with van der Waals surface area (Å²) in [6.45, 7) is 8.63. The maximum Gasteiger partial charge on any atom is 0.279 e. The predicted molar refractivity (Wildman–Crippen MR) is 116 cm³/mol. The molecule has 0 aliphatic carbocycles. The highest BCUT2D eigenvalue weighted by molar-refractivity contribution is 6.04. The molecule has 3 rings (SSSR count). The third-order valence-electron chi connectivity index (χ3n) is 4.88. The van der Waals surface area contributed by atoms with Crippen LogP contribution in [0.1, 0.15) is 31.1 Å². The van der Waals surface area contributed by atoms with Crippen molar-refractivity contribution in [3.63, 3.8) is 0 Å². The number of rotatable bonds is 7. The molecule has 30 heavy (non-hydrogen) atoms. The fraction of sp³-hybridized carbons (Fsp3) is 0.391. The average molecular weight is 413 g/mol. The third-order valence-corrected chi connectivity index (χ3v) is 4.88. The zero-order chi connectivity index (χ0) is 21.5. The van der Waals surface area contributed by atoms with Crippen molar-refractivity contribution in [2.75, 3.05) is 36.9 Å². The van der Waals surface area contributed by atoms with Crippen molar-refractivity contribution in [1.29, 1.82) is 0 Å². The molecule has 1 aliphatic rings. The van der Waals surface area contributed by atoms with Gasteiger partial charge < -0.3 is 25.0 Å². The first-order chi connectivity index (χ1) is 14.4. The van der Waals surface area contributed by atoms with E-state index in [1.807, 2.05) is 32.9 Å². The second kappa shape index (κ2) is 10.2. The number of morpholine rings is 1. The van der Waals surface area contributed by atoms with Crippen LogP contribution in [-0.4, -0.2) is 50.3 Å². The van der Waals surface area contributed by atoms with Gasteiger partial charge in [0, 0.05) is 16.9 Å². The van der Waals surface area contributed by atoms with E-state index in [1.165, 1.54) is 4.90 Å². The normalized spacial score (nSPS) is 21.0. The van der Waals surface area contributed by atoms with Crippen molar-refractivity contribution in [3.05, 3.63) is 54.1 Å². The quantitative estimate of drug-likeness (QED) is 0.650. The van der Waals surface area contributed by atoms with Gasteiger partial charge in [-0.3, -0.25) is 9.59 Å². The topological polar surface area (TPSA) is 81.1 Å². The number of carbonyl (C=O) groups is 2. The van der Waals surface area contributed by atoms with Gasteiger partial charge in [0.05, 0.1) is 6.61 Å². The largest absolute Gasteiger partial charge is 0.494 e. The lowest BCUT2D eigenvalue weighted by atomic mass is 10.2. The maximum atomic E-state index is 12.4. The van der Waals surface area contributed by atoms with Crippen LogP contribution in [0.15, 0.2) is 48.5 Å². The van der Waals surface area contributed by atoms with Gasteiger partial charge in [-0.2, -0.15) is 0 Å². The Balaban J connectivity index is 1.51. The van der Waals surface area contributed by atoms with Gasteiger partial charge in [0.25, 0.3) is 11.8 Å². The molecule has 7 nitrogen and oxygen atoms in total. The fourth-order valence-corrected chi connectivity index (χ4v) is 3.68. The van der Waals surface area contributed by atoms with E-state index in [1.54, 1.807) is 36.4 Å². The molecule has 0 saturated carbocycles. The average Bonchev–Trinajstić information content (AvgIpc) is 2.69. The summed E-state index contributed by atoms with van der Waals surface area (Å²) >= 11 is 0. The van der Waals surface area contributed by atoms with Gasteiger partial charge in [-0.25, -0.2) is 0 Å². The Kier molecular flexibility index (Phi) is 7.43. The lowest BCUT2D eigenvalue weighted by molar-refractivity contribution is -0.907. The van der Waals surface area contributed by atoms with E-state index in [2.05, 4.69) is 10.6 Å². The van der Waals surface area contributed by atoms with Crippen LogP contribution in [0.2, 0.25) is 0 Å². The van der Waals surface area contributed by atoms with Gasteiger partial charge in [-0.05, 0) is 69.3 Å². The van der Waals surface area contributed by atoms with Gasteiger partial charge >= 0.3 is 0 Å². The molecule has 2 aromatic rings. The van der Waals surface area contributed by atoms with Crippen LogP contribution in [0, 0.1) is 0 Å². The lowest BCUT2D eigenvalue weighted by Gasteiger charge is -2.31. The van der Waals surface area contributed by atoms with Crippen LogP contribution in [0.4, 0.5) is 11.4 Å². The molecule has 0 aromatic heterocycles. The first-order valence-electron chi connectivity index (χ1n) is 10.4. The van der Waals surface area contributed by atoms with Crippen molar-refractivity contribution in [1.82, 2.24) is 0 Å². The molecule has 2 amide bonds. The minimum Gasteiger partial charge on any atom is -0.494 e. The van der Waals surface area contributed by atoms with E-state index in [0.29, 0.717) is 30.1 Å². The van der Waals surface area contributed by atoms with E-state index in [0.717, 1.165) is 18.8 Å². The zero-order valence-corrected chi connectivity index (χ0v) is 17.7. The van der Waals surface area contributed by atoms with Gasteiger partial charge in [-0.15, -0.1) is 0 Å². The predicted octanol–water partition coefficient (Wildman–Crippen LogP) is 1.97. The molecule has 2 atom stereocenters. The highest BCUT2D eigenvalue weighted by atomic mass is 16.5. The Hall–Kier alpha value is -2.90. The number of ether oxygens (including phenoxy) is 2. The molecule has 0 spiro atoms. The van der Waals surface area contributed by atoms with E-state index in [9.17, 15) is 9.59 Å². The Morgan fingerprint density at radius 2 is 1.53 bits per heavy atom. The van der Waals surface area contributed by atoms with Gasteiger partial charge in [-0.1, -0.05) is 0 Å². The van der Waals surface area contributed by atoms with Crippen LogP contribution in [-0.2, 0) is 9.53 Å². The monoisotopic (exact) mass is 412 g/mol. The Morgan fingerprint density at radius 1 is 0.967 bits per heavy atom. The van der Waals surface area contributed by atoms with E-state index in [-0.39, 0.29) is 24.0 Å². The van der Waals surface area contributed by atoms with Crippen LogP contribution < -0.4 is 20.3 Å². The summed E-state index contributed by atoms with van der Waals surface area (Å²) in [6.07, 6.45) is 0.314. The maximum absolute atomic E-state index is 12.4. The van der Waals surface area contributed by atoms with Crippen molar-refractivity contribution in [2.45, 2.75) is 33.0 Å². The van der Waals surface area contributed by atoms with E-state index >= 15 is 0 Å². The molecule has 1 saturated heterocycles. The Labute approximate surface area is 177 Å². The van der Waals surface area contributed by atoms with Crippen LogP contribution >= 0.6 is 0 Å². The second-order valence-corrected chi connectivity index (χ2v) is 7.63. The number of benzene rings is 2. The standard InChI is InChI=1S/C23H29N3O4/c1-4-29-21-11-9-20(10-12-21)25-23(28)18-5-7-19(8-6-18)24-22(27)15-26-13-16(2)30-17(3)14-26/h5-12,16-17H,4,13-15H2,1-3H3,(H,24,27)(H,25,28)/p+1/t16-,17-/m0/s1. The molecule has 0 bridgehead atoms. The molecule has 0 radical (unpaired) electrons. The number of quaternary nitrogens is 1. The number of anilines is 2. The highest BCUT2D eigenvalue weighted by Crippen LogP contribution is 2.17. The van der Waals surface area contributed by atoms with E-state index < -0.39 is 0 Å². The van der Waals surface area contributed by atoms with Crippen molar-refractivity contribution in [2.24, 2.45) is 0 Å². The molecular weight excluding hydrogens is 382 g/mol. The first kappa shape index (κ1) is 21.8. The highest BCUT2D eigenvalue weighted by Gasteiger charge is 2.27. The number of amides is 2. The van der Waals surface area contributed by atoms with Gasteiger partial charge in [0.2, 0.25) is 0 Å². The van der Waals surface area contributed by atoms with Crippen molar-refractivity contribution in [3.8, 4) is 5.75 Å². The molecule has 160 valence electrons. The Bertz CT molecular complexity index is 842. The number of carbonyl (C=O) groups excluding carboxylic acids is 2. The Morgan fingerprint density at radius 3 is 2.13 bits per heavy atom. The minimum absolute atomic E-state index is 0.0436. The summed E-state index contributed by atoms with van der Waals surface area (Å²) in [5.74, 6) is 0.508. The van der Waals surface area contributed by atoms with Gasteiger partial charge in [0.1, 0.15) is 31.0 Å². The molecule has 2 aromatic carbocycles. The van der Waals surface area contributed by atoms with E-state index in [4.69, 9.17) is 9.47 Å². The molecule has 0 unspecified atom stereocenters. The van der Waals surface area contributed by atoms with Crippen molar-refractivity contribution >= 4 is 23.2 Å². The minimum atomic E-state index is -0.210. The number of hydrogen-bond donors (Lipinski definition) is 3. The molecule has 3 N–H and O–H groups in total. The molecular formula is C23H30N3O4+.